The van der Waals surface area contributed by atoms with Crippen LogP contribution in [0.25, 0.3) is 0 Å². The predicted octanol–water partition coefficient (Wildman–Crippen LogP) is 1.06. The van der Waals surface area contributed by atoms with Crippen molar-refractivity contribution in [3.05, 3.63) is 11.8 Å². The first-order valence-corrected chi connectivity index (χ1v) is 5.29. The highest BCUT2D eigenvalue weighted by Gasteiger charge is 2.42. The maximum atomic E-state index is 12.2. The second kappa shape index (κ2) is 4.33. The monoisotopic (exact) mass is 212 g/mol. The van der Waals surface area contributed by atoms with Crippen LogP contribution in [0.5, 0.6) is 0 Å². The summed E-state index contributed by atoms with van der Waals surface area (Å²) < 4.78 is 15.9. The largest absolute Gasteiger partial charge is 0.490 e. The van der Waals surface area contributed by atoms with Gasteiger partial charge in [-0.1, -0.05) is 0 Å². The normalized spacial score (nSPS) is 24.5. The molecule has 0 aromatic rings. The van der Waals surface area contributed by atoms with E-state index in [1.54, 1.807) is 7.11 Å². The predicted molar refractivity (Wildman–Crippen MR) is 53.5 cm³/mol. The number of hydrogen-bond donors (Lipinski definition) is 0. The zero-order valence-electron chi connectivity index (χ0n) is 8.95. The lowest BCUT2D eigenvalue weighted by atomic mass is 9.88. The number of Topliss-reactive ketones (excluding diaryl/α,β-unsaturated/α-hetero) is 1. The van der Waals surface area contributed by atoms with Gasteiger partial charge in [-0.3, -0.25) is 4.79 Å². The average molecular weight is 212 g/mol. The third-order valence-electron chi connectivity index (χ3n) is 3.03. The van der Waals surface area contributed by atoms with Crippen molar-refractivity contribution >= 4 is 5.78 Å². The Morgan fingerprint density at radius 3 is 2.67 bits per heavy atom. The summed E-state index contributed by atoms with van der Waals surface area (Å²) in [5.41, 5.74) is -0.714. The van der Waals surface area contributed by atoms with Gasteiger partial charge in [0.2, 0.25) is 5.78 Å². The molecule has 0 aliphatic carbocycles. The number of rotatable bonds is 3. The Morgan fingerprint density at radius 1 is 1.40 bits per heavy atom. The van der Waals surface area contributed by atoms with Crippen molar-refractivity contribution in [1.82, 2.24) is 0 Å². The summed E-state index contributed by atoms with van der Waals surface area (Å²) >= 11 is 0. The van der Waals surface area contributed by atoms with Crippen LogP contribution in [0.2, 0.25) is 0 Å². The molecule has 0 aromatic carbocycles. The molecule has 1 fully saturated rings. The first-order chi connectivity index (χ1) is 7.28. The van der Waals surface area contributed by atoms with Gasteiger partial charge in [-0.15, -0.1) is 0 Å². The topological polar surface area (TPSA) is 44.8 Å². The van der Waals surface area contributed by atoms with Crippen molar-refractivity contribution in [2.45, 2.75) is 24.9 Å². The minimum absolute atomic E-state index is 0.0224. The molecule has 1 saturated heterocycles. The van der Waals surface area contributed by atoms with E-state index in [0.29, 0.717) is 38.4 Å². The number of ether oxygens (including phenoxy) is 3. The smallest absolute Gasteiger partial charge is 0.228 e. The molecule has 0 N–H and O–H groups in total. The molecule has 0 bridgehead atoms. The Balaban J connectivity index is 2.13. The van der Waals surface area contributed by atoms with E-state index in [1.807, 2.05) is 6.08 Å². The van der Waals surface area contributed by atoms with Crippen molar-refractivity contribution in [1.29, 1.82) is 0 Å². The fourth-order valence-electron chi connectivity index (χ4n) is 2.03. The van der Waals surface area contributed by atoms with Crippen LogP contribution in [-0.2, 0) is 19.0 Å². The molecule has 15 heavy (non-hydrogen) atoms. The molecular weight excluding hydrogens is 196 g/mol. The van der Waals surface area contributed by atoms with Crippen LogP contribution < -0.4 is 0 Å². The Morgan fingerprint density at radius 2 is 2.13 bits per heavy atom. The molecule has 0 amide bonds. The van der Waals surface area contributed by atoms with Gasteiger partial charge < -0.3 is 14.2 Å². The second-order valence-corrected chi connectivity index (χ2v) is 3.85. The maximum absolute atomic E-state index is 12.2. The van der Waals surface area contributed by atoms with E-state index in [1.165, 1.54) is 0 Å². The number of ketones is 1. The quantitative estimate of drug-likeness (QED) is 0.701. The van der Waals surface area contributed by atoms with Crippen LogP contribution in [-0.4, -0.2) is 38.3 Å². The van der Waals surface area contributed by atoms with Crippen molar-refractivity contribution in [2.75, 3.05) is 26.9 Å². The highest BCUT2D eigenvalue weighted by Crippen LogP contribution is 2.30. The first kappa shape index (κ1) is 10.6. The van der Waals surface area contributed by atoms with E-state index in [-0.39, 0.29) is 5.78 Å². The van der Waals surface area contributed by atoms with Gasteiger partial charge in [-0.2, -0.15) is 0 Å². The van der Waals surface area contributed by atoms with Gasteiger partial charge in [0.1, 0.15) is 5.60 Å². The summed E-state index contributed by atoms with van der Waals surface area (Å²) in [6, 6.07) is 0. The SMILES string of the molecule is COC1(C(=O)C2=CCCO2)CCOCC1. The molecule has 2 rings (SSSR count). The van der Waals surface area contributed by atoms with Gasteiger partial charge in [-0.05, 0) is 6.08 Å². The van der Waals surface area contributed by atoms with Crippen LogP contribution in [0, 0.1) is 0 Å². The molecule has 2 heterocycles. The van der Waals surface area contributed by atoms with E-state index in [4.69, 9.17) is 14.2 Å². The summed E-state index contributed by atoms with van der Waals surface area (Å²) in [5.74, 6) is 0.449. The molecule has 0 unspecified atom stereocenters. The van der Waals surface area contributed by atoms with Gasteiger partial charge in [-0.25, -0.2) is 0 Å². The summed E-state index contributed by atoms with van der Waals surface area (Å²) in [4.78, 5) is 12.2. The molecular formula is C11H16O4. The molecule has 0 atom stereocenters. The molecule has 4 nitrogen and oxygen atoms in total. The van der Waals surface area contributed by atoms with E-state index < -0.39 is 5.60 Å². The van der Waals surface area contributed by atoms with Crippen LogP contribution in [0.4, 0.5) is 0 Å². The van der Waals surface area contributed by atoms with E-state index >= 15 is 0 Å². The molecule has 0 spiro atoms. The van der Waals surface area contributed by atoms with Gasteiger partial charge in [0.15, 0.2) is 5.76 Å². The van der Waals surface area contributed by atoms with Gasteiger partial charge in [0, 0.05) is 39.6 Å². The lowest BCUT2D eigenvalue weighted by molar-refractivity contribution is -0.151. The summed E-state index contributed by atoms with van der Waals surface area (Å²) in [7, 11) is 1.58. The van der Waals surface area contributed by atoms with Gasteiger partial charge >= 0.3 is 0 Å². The molecule has 0 radical (unpaired) electrons. The standard InChI is InChI=1S/C11H16O4/c1-13-11(4-7-14-8-5-11)10(12)9-3-2-6-15-9/h3H,2,4-8H2,1H3. The molecule has 2 aliphatic heterocycles. The van der Waals surface area contributed by atoms with Crippen molar-refractivity contribution in [3.8, 4) is 0 Å². The third-order valence-corrected chi connectivity index (χ3v) is 3.03. The molecule has 2 aliphatic rings. The fourth-order valence-corrected chi connectivity index (χ4v) is 2.03. The Kier molecular flexibility index (Phi) is 3.07. The third kappa shape index (κ3) is 1.92. The number of carbonyl (C=O) groups excluding carboxylic acids is 1. The number of methoxy groups -OCH3 is 1. The second-order valence-electron chi connectivity index (χ2n) is 3.85. The summed E-state index contributed by atoms with van der Waals surface area (Å²) in [6.45, 7) is 1.76. The highest BCUT2D eigenvalue weighted by atomic mass is 16.5. The lowest BCUT2D eigenvalue weighted by Crippen LogP contribution is -2.46. The minimum atomic E-state index is -0.714. The minimum Gasteiger partial charge on any atom is -0.490 e. The first-order valence-electron chi connectivity index (χ1n) is 5.29. The Bertz CT molecular complexity index is 276. The zero-order chi connectivity index (χ0) is 10.7. The van der Waals surface area contributed by atoms with E-state index in [9.17, 15) is 4.79 Å². The summed E-state index contributed by atoms with van der Waals surface area (Å²) in [5, 5.41) is 0. The molecule has 0 aromatic heterocycles. The number of carbonyl (C=O) groups is 1. The molecule has 0 saturated carbocycles. The maximum Gasteiger partial charge on any atom is 0.228 e. The fraction of sp³-hybridized carbons (Fsp3) is 0.727. The van der Waals surface area contributed by atoms with Gasteiger partial charge in [0.25, 0.3) is 0 Å². The van der Waals surface area contributed by atoms with Crippen LogP contribution >= 0.6 is 0 Å². The highest BCUT2D eigenvalue weighted by molar-refractivity contribution is 6.00. The Labute approximate surface area is 89.2 Å². The van der Waals surface area contributed by atoms with E-state index in [0.717, 1.165) is 6.42 Å². The zero-order valence-corrected chi connectivity index (χ0v) is 8.95. The van der Waals surface area contributed by atoms with Crippen LogP contribution in [0.1, 0.15) is 19.3 Å². The number of hydrogen-bond acceptors (Lipinski definition) is 4. The van der Waals surface area contributed by atoms with Crippen LogP contribution in [0.15, 0.2) is 11.8 Å². The van der Waals surface area contributed by atoms with Crippen LogP contribution in [0.3, 0.4) is 0 Å². The molecule has 84 valence electrons. The average Bonchev–Trinajstić information content (AvgIpc) is 2.82. The van der Waals surface area contributed by atoms with E-state index in [2.05, 4.69) is 0 Å². The summed E-state index contributed by atoms with van der Waals surface area (Å²) in [6.07, 6.45) is 3.89. The van der Waals surface area contributed by atoms with Crippen molar-refractivity contribution in [2.24, 2.45) is 0 Å². The molecule has 4 heteroatoms. The van der Waals surface area contributed by atoms with Crippen molar-refractivity contribution < 1.29 is 19.0 Å². The Hall–Kier alpha value is -0.870. The van der Waals surface area contributed by atoms with Crippen molar-refractivity contribution in [3.63, 3.8) is 0 Å². The van der Waals surface area contributed by atoms with Gasteiger partial charge in [0.05, 0.1) is 6.61 Å². The lowest BCUT2D eigenvalue weighted by Gasteiger charge is -2.34.